The minimum atomic E-state index is -3.70. The molecule has 3 aromatic carbocycles. The van der Waals surface area contributed by atoms with Gasteiger partial charge < -0.3 is 26.6 Å². The molecule has 0 aliphatic carbocycles. The first kappa shape index (κ1) is 30.5. The molecule has 10 nitrogen and oxygen atoms in total. The molecule has 0 radical (unpaired) electrons. The van der Waals surface area contributed by atoms with Crippen molar-refractivity contribution in [2.45, 2.75) is 49.3 Å². The third-order valence-corrected chi connectivity index (χ3v) is 11.4. The molecule has 46 heavy (non-hydrogen) atoms. The standard InChI is InChI=1S/C35H41N7O3S/c36-23-25-6-10-29(11-7-25)41-24-28-22-32(38-34(28)39-35(41)43)26-8-12-31(13-9-26)46(44,45)42(30-14-17-37-18-15-30)20-3-19-40-21-16-27-4-1-2-5-33(27)40/h1-2,4-13,22,24,30,34,37-38H,3,14-21,23,36H2,(H,39,43). The number of amides is 2. The Labute approximate surface area is 271 Å². The van der Waals surface area contributed by atoms with Crippen LogP contribution in [0.1, 0.15) is 36.0 Å². The Morgan fingerprint density at radius 1 is 0.935 bits per heavy atom. The fourth-order valence-electron chi connectivity index (χ4n) is 6.91. The highest BCUT2D eigenvalue weighted by Gasteiger charge is 2.34. The van der Waals surface area contributed by atoms with Crippen LogP contribution in [0.2, 0.25) is 0 Å². The first-order chi connectivity index (χ1) is 22.4. The SMILES string of the molecule is NCc1ccc(N2C=C3C=C(c4ccc(S(=O)(=O)N(CCCN5CCc6ccccc65)C5CCNCC5)cc4)NC3NC2=O)cc1. The number of piperidine rings is 1. The van der Waals surface area contributed by atoms with E-state index >= 15 is 0 Å². The molecule has 4 heterocycles. The van der Waals surface area contributed by atoms with Gasteiger partial charge in [0.05, 0.1) is 10.6 Å². The minimum Gasteiger partial charge on any atom is -0.371 e. The topological polar surface area (TPSA) is 123 Å². The van der Waals surface area contributed by atoms with Crippen LogP contribution in [-0.2, 0) is 23.0 Å². The summed E-state index contributed by atoms with van der Waals surface area (Å²) in [5, 5.41) is 9.75. The van der Waals surface area contributed by atoms with Gasteiger partial charge in [0.15, 0.2) is 0 Å². The molecule has 0 saturated carbocycles. The monoisotopic (exact) mass is 639 g/mol. The van der Waals surface area contributed by atoms with Gasteiger partial charge in [-0.1, -0.05) is 42.5 Å². The van der Waals surface area contributed by atoms with Crippen LogP contribution in [0.3, 0.4) is 0 Å². The summed E-state index contributed by atoms with van der Waals surface area (Å²) in [7, 11) is -3.70. The minimum absolute atomic E-state index is 0.0240. The van der Waals surface area contributed by atoms with Crippen molar-refractivity contribution in [3.63, 3.8) is 0 Å². The summed E-state index contributed by atoms with van der Waals surface area (Å²) in [6.07, 6.45) is 6.88. The van der Waals surface area contributed by atoms with Gasteiger partial charge in [-0.2, -0.15) is 4.31 Å². The number of rotatable bonds is 10. The molecular formula is C35H41N7O3S. The molecule has 0 spiro atoms. The summed E-state index contributed by atoms with van der Waals surface area (Å²) in [6.45, 7) is 4.37. The molecule has 4 aliphatic rings. The van der Waals surface area contributed by atoms with Crippen LogP contribution in [0.4, 0.5) is 16.2 Å². The van der Waals surface area contributed by atoms with E-state index < -0.39 is 10.0 Å². The first-order valence-electron chi connectivity index (χ1n) is 16.2. The first-order valence-corrected chi connectivity index (χ1v) is 17.6. The molecule has 4 aliphatic heterocycles. The number of sulfonamides is 1. The summed E-state index contributed by atoms with van der Waals surface area (Å²) in [5.74, 6) is 0. The van der Waals surface area contributed by atoms with Crippen molar-refractivity contribution in [3.05, 3.63) is 107 Å². The van der Waals surface area contributed by atoms with Gasteiger partial charge in [-0.05, 0) is 91.9 Å². The highest BCUT2D eigenvalue weighted by Crippen LogP contribution is 2.31. The third-order valence-electron chi connectivity index (χ3n) is 9.44. The number of hydrogen-bond donors (Lipinski definition) is 4. The fourth-order valence-corrected chi connectivity index (χ4v) is 8.63. The van der Waals surface area contributed by atoms with Gasteiger partial charge in [0.1, 0.15) is 6.17 Å². The van der Waals surface area contributed by atoms with Gasteiger partial charge >= 0.3 is 6.03 Å². The van der Waals surface area contributed by atoms with Crippen molar-refractivity contribution in [1.82, 2.24) is 20.3 Å². The Kier molecular flexibility index (Phi) is 8.56. The highest BCUT2D eigenvalue weighted by atomic mass is 32.2. The Bertz CT molecular complexity index is 1750. The molecule has 1 atom stereocenters. The summed E-state index contributed by atoms with van der Waals surface area (Å²) in [4.78, 5) is 17.2. The summed E-state index contributed by atoms with van der Waals surface area (Å²) >= 11 is 0. The Morgan fingerprint density at radius 2 is 1.70 bits per heavy atom. The van der Waals surface area contributed by atoms with Crippen LogP contribution in [0.15, 0.2) is 95.5 Å². The summed E-state index contributed by atoms with van der Waals surface area (Å²) in [6, 6.07) is 22.9. The molecule has 5 N–H and O–H groups in total. The lowest BCUT2D eigenvalue weighted by molar-refractivity contribution is 0.244. The largest absolute Gasteiger partial charge is 0.371 e. The van der Waals surface area contributed by atoms with Crippen molar-refractivity contribution in [1.29, 1.82) is 0 Å². The van der Waals surface area contributed by atoms with Gasteiger partial charge in [-0.3, -0.25) is 4.90 Å². The predicted octanol–water partition coefficient (Wildman–Crippen LogP) is 3.72. The number of nitrogens with two attached hydrogens (primary N) is 1. The second kappa shape index (κ2) is 12.9. The number of para-hydroxylation sites is 1. The van der Waals surface area contributed by atoms with E-state index in [1.54, 1.807) is 21.3 Å². The van der Waals surface area contributed by atoms with Crippen LogP contribution in [0.25, 0.3) is 5.70 Å². The van der Waals surface area contributed by atoms with Crippen LogP contribution in [-0.4, -0.2) is 63.7 Å². The lowest BCUT2D eigenvalue weighted by Gasteiger charge is -2.34. The molecule has 3 aromatic rings. The van der Waals surface area contributed by atoms with Crippen LogP contribution < -0.4 is 31.5 Å². The number of anilines is 2. The maximum Gasteiger partial charge on any atom is 0.327 e. The summed E-state index contributed by atoms with van der Waals surface area (Å²) < 4.78 is 30.0. The van der Waals surface area contributed by atoms with Crippen molar-refractivity contribution in [2.24, 2.45) is 5.73 Å². The van der Waals surface area contributed by atoms with E-state index in [4.69, 9.17) is 5.73 Å². The number of fused-ring (bicyclic) bond motifs is 2. The molecule has 0 bridgehead atoms. The molecule has 240 valence electrons. The van der Waals surface area contributed by atoms with E-state index in [0.29, 0.717) is 18.0 Å². The molecule has 11 heteroatoms. The zero-order valence-electron chi connectivity index (χ0n) is 25.9. The van der Waals surface area contributed by atoms with E-state index in [-0.39, 0.29) is 18.2 Å². The highest BCUT2D eigenvalue weighted by molar-refractivity contribution is 7.89. The summed E-state index contributed by atoms with van der Waals surface area (Å²) in [5.41, 5.74) is 12.7. The second-order valence-corrected chi connectivity index (χ2v) is 14.2. The van der Waals surface area contributed by atoms with Gasteiger partial charge in [-0.15, -0.1) is 0 Å². The number of urea groups is 1. The number of carbonyl (C=O) groups is 1. The van der Waals surface area contributed by atoms with E-state index in [1.807, 2.05) is 48.7 Å². The fraction of sp³-hybridized carbons (Fsp3) is 0.343. The molecule has 0 aromatic heterocycles. The smallest absolute Gasteiger partial charge is 0.327 e. The lowest BCUT2D eigenvalue weighted by Crippen LogP contribution is -2.51. The Morgan fingerprint density at radius 3 is 2.46 bits per heavy atom. The molecule has 1 fully saturated rings. The molecule has 7 rings (SSSR count). The van der Waals surface area contributed by atoms with Crippen LogP contribution in [0, 0.1) is 0 Å². The van der Waals surface area contributed by atoms with E-state index in [2.05, 4.69) is 45.1 Å². The third kappa shape index (κ3) is 6.03. The van der Waals surface area contributed by atoms with Gasteiger partial charge in [0.2, 0.25) is 10.0 Å². The van der Waals surface area contributed by atoms with Crippen LogP contribution >= 0.6 is 0 Å². The maximum absolute atomic E-state index is 14.1. The number of benzene rings is 3. The Hall–Kier alpha value is -4.16. The van der Waals surface area contributed by atoms with E-state index in [0.717, 1.165) is 79.9 Å². The number of nitrogens with zero attached hydrogens (tertiary/aromatic N) is 3. The van der Waals surface area contributed by atoms with Crippen molar-refractivity contribution < 1.29 is 13.2 Å². The number of hydrogen-bond acceptors (Lipinski definition) is 7. The Balaban J connectivity index is 1.06. The second-order valence-electron chi connectivity index (χ2n) is 12.3. The molecule has 2 amide bonds. The number of nitrogens with one attached hydrogen (secondary N) is 3. The average Bonchev–Trinajstić information content (AvgIpc) is 3.70. The van der Waals surface area contributed by atoms with Gasteiger partial charge in [0, 0.05) is 55.4 Å². The zero-order chi connectivity index (χ0) is 31.7. The molecular weight excluding hydrogens is 598 g/mol. The average molecular weight is 640 g/mol. The van der Waals surface area contributed by atoms with Crippen molar-refractivity contribution in [3.8, 4) is 0 Å². The van der Waals surface area contributed by atoms with E-state index in [9.17, 15) is 13.2 Å². The quantitative estimate of drug-likeness (QED) is 0.267. The zero-order valence-corrected chi connectivity index (χ0v) is 26.7. The van der Waals surface area contributed by atoms with Crippen LogP contribution in [0.5, 0.6) is 0 Å². The normalized spacial score (nSPS) is 19.8. The number of carbonyl (C=O) groups excluding carboxylic acids is 1. The van der Waals surface area contributed by atoms with Gasteiger partial charge in [0.25, 0.3) is 0 Å². The van der Waals surface area contributed by atoms with Crippen molar-refractivity contribution >= 4 is 33.1 Å². The lowest BCUT2D eigenvalue weighted by atomic mass is 10.1. The molecule has 1 saturated heterocycles. The maximum atomic E-state index is 14.1. The van der Waals surface area contributed by atoms with Crippen molar-refractivity contribution in [2.75, 3.05) is 42.5 Å². The van der Waals surface area contributed by atoms with E-state index in [1.165, 1.54) is 11.3 Å². The predicted molar refractivity (Wildman–Crippen MR) is 182 cm³/mol. The molecule has 1 unspecified atom stereocenters. The van der Waals surface area contributed by atoms with Gasteiger partial charge in [-0.25, -0.2) is 13.2 Å².